The Morgan fingerprint density at radius 1 is 1.43 bits per heavy atom. The molecule has 1 aliphatic rings. The van der Waals surface area contributed by atoms with Gasteiger partial charge in [0.15, 0.2) is 0 Å². The number of nitrogens with two attached hydrogens (primary N) is 1. The lowest BCUT2D eigenvalue weighted by Gasteiger charge is -2.27. The fourth-order valence-corrected chi connectivity index (χ4v) is 2.20. The molecule has 1 fully saturated rings. The van der Waals surface area contributed by atoms with Crippen LogP contribution in [0.25, 0.3) is 0 Å². The largest absolute Gasteiger partial charge is 0.396 e. The van der Waals surface area contributed by atoms with Crippen LogP contribution in [0.1, 0.15) is 33.1 Å². The molecule has 4 N–H and O–H groups in total. The minimum atomic E-state index is 0.258. The highest BCUT2D eigenvalue weighted by atomic mass is 16.3. The third-order valence-corrected chi connectivity index (χ3v) is 3.58. The molecule has 0 heterocycles. The first-order chi connectivity index (χ1) is 6.69. The van der Waals surface area contributed by atoms with Crippen molar-refractivity contribution in [3.63, 3.8) is 0 Å². The maximum atomic E-state index is 9.04. The van der Waals surface area contributed by atoms with Gasteiger partial charge in [-0.15, -0.1) is 0 Å². The maximum Gasteiger partial charge on any atom is 0.0471 e. The summed E-state index contributed by atoms with van der Waals surface area (Å²) in [7, 11) is 0. The fourth-order valence-electron chi connectivity index (χ4n) is 2.20. The van der Waals surface area contributed by atoms with Crippen LogP contribution in [-0.2, 0) is 0 Å². The van der Waals surface area contributed by atoms with Crippen LogP contribution in [-0.4, -0.2) is 30.3 Å². The zero-order valence-corrected chi connectivity index (χ0v) is 9.37. The molecule has 0 radical (unpaired) electrons. The molecule has 0 aromatic rings. The van der Waals surface area contributed by atoms with Crippen LogP contribution in [0.2, 0.25) is 0 Å². The van der Waals surface area contributed by atoms with E-state index in [0.717, 1.165) is 6.54 Å². The summed E-state index contributed by atoms with van der Waals surface area (Å²) >= 11 is 0. The monoisotopic (exact) mass is 200 g/mol. The van der Waals surface area contributed by atoms with Gasteiger partial charge in [-0.05, 0) is 38.1 Å². The maximum absolute atomic E-state index is 9.04. The van der Waals surface area contributed by atoms with Crippen LogP contribution >= 0.6 is 0 Å². The fraction of sp³-hybridized carbons (Fsp3) is 1.00. The molecule has 14 heavy (non-hydrogen) atoms. The summed E-state index contributed by atoms with van der Waals surface area (Å²) in [5.74, 6) is 0.970. The van der Waals surface area contributed by atoms with E-state index < -0.39 is 0 Å². The topological polar surface area (TPSA) is 58.3 Å². The average molecular weight is 200 g/mol. The number of rotatable bonds is 5. The zero-order chi connectivity index (χ0) is 10.6. The Labute approximate surface area is 87.1 Å². The molecule has 0 aromatic carbocycles. The molecule has 4 atom stereocenters. The van der Waals surface area contributed by atoms with E-state index in [1.165, 1.54) is 19.3 Å². The van der Waals surface area contributed by atoms with Gasteiger partial charge in [0.2, 0.25) is 0 Å². The second-order valence-electron chi connectivity index (χ2n) is 4.65. The van der Waals surface area contributed by atoms with Crippen molar-refractivity contribution >= 4 is 0 Å². The Bertz CT molecular complexity index is 163. The molecule has 0 amide bonds. The highest BCUT2D eigenvalue weighted by molar-refractivity contribution is 4.86. The summed E-state index contributed by atoms with van der Waals surface area (Å²) in [5.41, 5.74) is 5.72. The van der Waals surface area contributed by atoms with E-state index in [1.54, 1.807) is 0 Å². The minimum absolute atomic E-state index is 0.258. The lowest BCUT2D eigenvalue weighted by atomic mass is 9.99. The summed E-state index contributed by atoms with van der Waals surface area (Å²) in [5, 5.41) is 12.6. The van der Waals surface area contributed by atoms with Crippen molar-refractivity contribution in [2.24, 2.45) is 17.6 Å². The molecule has 1 rings (SSSR count). The molecule has 1 saturated carbocycles. The van der Waals surface area contributed by atoms with Crippen LogP contribution in [0.3, 0.4) is 0 Å². The Morgan fingerprint density at radius 2 is 2.14 bits per heavy atom. The van der Waals surface area contributed by atoms with E-state index in [1.807, 2.05) is 0 Å². The van der Waals surface area contributed by atoms with Crippen molar-refractivity contribution in [2.45, 2.75) is 45.2 Å². The number of hydrogen-bond donors (Lipinski definition) is 3. The van der Waals surface area contributed by atoms with Crippen molar-refractivity contribution in [1.82, 2.24) is 5.32 Å². The zero-order valence-electron chi connectivity index (χ0n) is 9.37. The molecule has 1 aliphatic carbocycles. The van der Waals surface area contributed by atoms with Crippen LogP contribution in [0.15, 0.2) is 0 Å². The van der Waals surface area contributed by atoms with Crippen molar-refractivity contribution in [3.8, 4) is 0 Å². The SMILES string of the molecule is CC(CO)C(C)NC1CCCC1CN. The molecular weight excluding hydrogens is 176 g/mol. The van der Waals surface area contributed by atoms with Crippen LogP contribution in [0.5, 0.6) is 0 Å². The van der Waals surface area contributed by atoms with Gasteiger partial charge in [-0.3, -0.25) is 0 Å². The van der Waals surface area contributed by atoms with Gasteiger partial charge >= 0.3 is 0 Å². The number of aliphatic hydroxyl groups excluding tert-OH is 1. The predicted molar refractivity (Wildman–Crippen MR) is 59.0 cm³/mol. The van der Waals surface area contributed by atoms with Crippen molar-refractivity contribution in [1.29, 1.82) is 0 Å². The molecule has 0 aromatic heterocycles. The molecule has 0 saturated heterocycles. The Balaban J connectivity index is 2.35. The first-order valence-corrected chi connectivity index (χ1v) is 5.76. The second-order valence-corrected chi connectivity index (χ2v) is 4.65. The van der Waals surface area contributed by atoms with E-state index in [2.05, 4.69) is 19.2 Å². The second kappa shape index (κ2) is 5.69. The summed E-state index contributed by atoms with van der Waals surface area (Å²) in [4.78, 5) is 0. The van der Waals surface area contributed by atoms with E-state index in [4.69, 9.17) is 10.8 Å². The predicted octanol–water partition coefficient (Wildman–Crippen LogP) is 0.720. The van der Waals surface area contributed by atoms with E-state index in [0.29, 0.717) is 23.9 Å². The lowest BCUT2D eigenvalue weighted by Crippen LogP contribution is -2.44. The Hall–Kier alpha value is -0.120. The molecule has 3 heteroatoms. The Kier molecular flexibility index (Phi) is 4.85. The lowest BCUT2D eigenvalue weighted by molar-refractivity contribution is 0.195. The quantitative estimate of drug-likeness (QED) is 0.613. The highest BCUT2D eigenvalue weighted by Crippen LogP contribution is 2.25. The number of aliphatic hydroxyl groups is 1. The van der Waals surface area contributed by atoms with Crippen LogP contribution in [0, 0.1) is 11.8 Å². The van der Waals surface area contributed by atoms with Crippen LogP contribution < -0.4 is 11.1 Å². The smallest absolute Gasteiger partial charge is 0.0471 e. The number of nitrogens with one attached hydrogen (secondary N) is 1. The van der Waals surface area contributed by atoms with E-state index in [-0.39, 0.29) is 6.61 Å². The van der Waals surface area contributed by atoms with Gasteiger partial charge in [0.05, 0.1) is 0 Å². The van der Waals surface area contributed by atoms with Gasteiger partial charge in [-0.2, -0.15) is 0 Å². The molecular formula is C11H24N2O. The normalized spacial score (nSPS) is 31.7. The summed E-state index contributed by atoms with van der Waals surface area (Å²) in [6.45, 7) is 5.27. The summed E-state index contributed by atoms with van der Waals surface area (Å²) in [6, 6.07) is 0.959. The van der Waals surface area contributed by atoms with Crippen molar-refractivity contribution in [2.75, 3.05) is 13.2 Å². The first-order valence-electron chi connectivity index (χ1n) is 5.76. The van der Waals surface area contributed by atoms with Crippen molar-refractivity contribution in [3.05, 3.63) is 0 Å². The van der Waals surface area contributed by atoms with Crippen molar-refractivity contribution < 1.29 is 5.11 Å². The van der Waals surface area contributed by atoms with Gasteiger partial charge < -0.3 is 16.2 Å². The standard InChI is InChI=1S/C11H24N2O/c1-8(7-14)9(2)13-11-5-3-4-10(11)6-12/h8-11,13-14H,3-7,12H2,1-2H3. The molecule has 4 unspecified atom stereocenters. The van der Waals surface area contributed by atoms with E-state index >= 15 is 0 Å². The van der Waals surface area contributed by atoms with Gasteiger partial charge in [-0.1, -0.05) is 13.3 Å². The van der Waals surface area contributed by atoms with Gasteiger partial charge in [0.1, 0.15) is 0 Å². The van der Waals surface area contributed by atoms with Crippen LogP contribution in [0.4, 0.5) is 0 Å². The third-order valence-electron chi connectivity index (χ3n) is 3.58. The van der Waals surface area contributed by atoms with Gasteiger partial charge in [-0.25, -0.2) is 0 Å². The minimum Gasteiger partial charge on any atom is -0.396 e. The molecule has 3 nitrogen and oxygen atoms in total. The van der Waals surface area contributed by atoms with Gasteiger partial charge in [0.25, 0.3) is 0 Å². The molecule has 84 valence electrons. The first kappa shape index (κ1) is 12.0. The highest BCUT2D eigenvalue weighted by Gasteiger charge is 2.27. The average Bonchev–Trinajstić information content (AvgIpc) is 2.63. The number of hydrogen-bond acceptors (Lipinski definition) is 3. The Morgan fingerprint density at radius 3 is 2.71 bits per heavy atom. The van der Waals surface area contributed by atoms with E-state index in [9.17, 15) is 0 Å². The summed E-state index contributed by atoms with van der Waals surface area (Å²) in [6.07, 6.45) is 3.79. The molecule has 0 aliphatic heterocycles. The van der Waals surface area contributed by atoms with Gasteiger partial charge in [0, 0.05) is 18.7 Å². The third kappa shape index (κ3) is 2.94. The summed E-state index contributed by atoms with van der Waals surface area (Å²) < 4.78 is 0. The molecule has 0 bridgehead atoms. The molecule has 0 spiro atoms.